The van der Waals surface area contributed by atoms with Gasteiger partial charge < -0.3 is 14.4 Å². The molecule has 0 fully saturated rings. The van der Waals surface area contributed by atoms with E-state index in [1.165, 1.54) is 12.3 Å². The summed E-state index contributed by atoms with van der Waals surface area (Å²) in [6.45, 7) is 10.6. The van der Waals surface area contributed by atoms with Crippen LogP contribution in [0.2, 0.25) is 0 Å². The topological polar surface area (TPSA) is 77.2 Å². The van der Waals surface area contributed by atoms with Gasteiger partial charge in [0.15, 0.2) is 0 Å². The van der Waals surface area contributed by atoms with Crippen LogP contribution in [0.4, 0.5) is 13.2 Å². The highest BCUT2D eigenvalue weighted by Gasteiger charge is 2.33. The zero-order chi connectivity index (χ0) is 33.3. The molecule has 3 aromatic heterocycles. The van der Waals surface area contributed by atoms with E-state index in [2.05, 4.69) is 35.3 Å². The maximum atomic E-state index is 13.0. The highest BCUT2D eigenvalue weighted by Crippen LogP contribution is 2.44. The Kier molecular flexibility index (Phi) is 9.22. The molecule has 5 aromatic rings. The molecule has 3 heterocycles. The lowest BCUT2D eigenvalue weighted by Crippen LogP contribution is -2.28. The lowest BCUT2D eigenvalue weighted by atomic mass is 9.88. The molecule has 0 bridgehead atoms. The number of carboxylic acids is 1. The van der Waals surface area contributed by atoms with Crippen LogP contribution in [0.5, 0.6) is 5.75 Å². The van der Waals surface area contributed by atoms with E-state index >= 15 is 0 Å². The number of aromatic nitrogens is 3. The molecule has 0 amide bonds. The van der Waals surface area contributed by atoms with Crippen molar-refractivity contribution in [2.24, 2.45) is 5.41 Å². The lowest BCUT2D eigenvalue weighted by Gasteiger charge is -2.24. The van der Waals surface area contributed by atoms with E-state index in [1.807, 2.05) is 60.7 Å². The quantitative estimate of drug-likeness (QED) is 0.152. The van der Waals surface area contributed by atoms with Gasteiger partial charge in [0.05, 0.1) is 11.1 Å². The van der Waals surface area contributed by atoms with E-state index in [0.29, 0.717) is 30.9 Å². The van der Waals surface area contributed by atoms with E-state index in [9.17, 15) is 23.1 Å². The summed E-state index contributed by atoms with van der Waals surface area (Å²) in [6, 6.07) is 21.6. The van der Waals surface area contributed by atoms with Crippen LogP contribution < -0.4 is 4.74 Å². The second-order valence-electron chi connectivity index (χ2n) is 12.9. The lowest BCUT2D eigenvalue weighted by molar-refractivity contribution is -0.147. The number of hydrogen-bond acceptors (Lipinski definition) is 5. The summed E-state index contributed by atoms with van der Waals surface area (Å²) in [6.07, 6.45) is -1.24. The molecule has 6 nitrogen and oxygen atoms in total. The maximum Gasteiger partial charge on any atom is 0.433 e. The van der Waals surface area contributed by atoms with Gasteiger partial charge in [0, 0.05) is 57.2 Å². The van der Waals surface area contributed by atoms with E-state index in [4.69, 9.17) is 4.74 Å². The minimum Gasteiger partial charge on any atom is -0.487 e. The fourth-order valence-electron chi connectivity index (χ4n) is 5.07. The normalized spacial score (nSPS) is 12.4. The summed E-state index contributed by atoms with van der Waals surface area (Å²) in [7, 11) is 0. The average molecular weight is 648 g/mol. The van der Waals surface area contributed by atoms with Crippen molar-refractivity contribution in [3.8, 4) is 16.9 Å². The Hall–Kier alpha value is -4.31. The van der Waals surface area contributed by atoms with Crippen LogP contribution >= 0.6 is 11.8 Å². The molecule has 0 saturated heterocycles. The number of hydrogen-bond donors (Lipinski definition) is 1. The number of thioether (sulfide) groups is 1. The van der Waals surface area contributed by atoms with Crippen molar-refractivity contribution in [2.75, 3.05) is 0 Å². The van der Waals surface area contributed by atoms with Crippen molar-refractivity contribution in [1.82, 2.24) is 14.5 Å². The molecule has 0 saturated carbocycles. The van der Waals surface area contributed by atoms with Gasteiger partial charge in [-0.25, -0.2) is 0 Å². The van der Waals surface area contributed by atoms with Crippen LogP contribution in [0.1, 0.15) is 57.3 Å². The molecular weight excluding hydrogens is 611 g/mol. The summed E-state index contributed by atoms with van der Waals surface area (Å²) >= 11 is 1.70. The molecule has 46 heavy (non-hydrogen) atoms. The summed E-state index contributed by atoms with van der Waals surface area (Å²) in [5, 5.41) is 11.1. The molecule has 0 unspecified atom stereocenters. The summed E-state index contributed by atoms with van der Waals surface area (Å²) in [5.41, 5.74) is 2.99. The molecule has 0 aliphatic rings. The standard InChI is InChI=1S/C36H36F3N3O3S/c1-34(2,3)46-32-28-18-27(45-22-26-8-6-7-17-40-26)14-15-29(28)42(30(32)19-35(4,5)33(43)44)21-23-9-11-24(12-10-23)25-13-16-31(41-20-25)36(37,38)39/h6-18,20H,19,21-22H2,1-5H3,(H,43,44). The van der Waals surface area contributed by atoms with Crippen LogP contribution in [0.25, 0.3) is 22.0 Å². The zero-order valence-corrected chi connectivity index (χ0v) is 27.2. The van der Waals surface area contributed by atoms with Gasteiger partial charge in [0.25, 0.3) is 0 Å². The van der Waals surface area contributed by atoms with Crippen molar-refractivity contribution in [1.29, 1.82) is 0 Å². The molecule has 0 atom stereocenters. The van der Waals surface area contributed by atoms with Gasteiger partial charge in [-0.1, -0.05) is 57.2 Å². The van der Waals surface area contributed by atoms with Crippen molar-refractivity contribution in [2.45, 2.75) is 70.0 Å². The number of rotatable bonds is 10. The third-order valence-corrected chi connectivity index (χ3v) is 8.75. The molecule has 240 valence electrons. The fourth-order valence-corrected chi connectivity index (χ4v) is 6.26. The molecule has 0 aliphatic heterocycles. The SMILES string of the molecule is CC(C)(C)Sc1c(CC(C)(C)C(=O)O)n(Cc2ccc(-c3ccc(C(F)(F)F)nc3)cc2)c2ccc(OCc3ccccn3)cc12. The monoisotopic (exact) mass is 647 g/mol. The first-order valence-electron chi connectivity index (χ1n) is 14.8. The molecule has 5 rings (SSSR count). The molecule has 10 heteroatoms. The number of benzene rings is 2. The molecular formula is C36H36F3N3O3S. The predicted molar refractivity (Wildman–Crippen MR) is 175 cm³/mol. The van der Waals surface area contributed by atoms with Crippen molar-refractivity contribution < 1.29 is 27.8 Å². The number of ether oxygens (including phenoxy) is 1. The van der Waals surface area contributed by atoms with Crippen molar-refractivity contribution in [3.63, 3.8) is 0 Å². The minimum absolute atomic E-state index is 0.163. The number of halogens is 3. The first-order chi connectivity index (χ1) is 21.6. The van der Waals surface area contributed by atoms with Gasteiger partial charge in [-0.15, -0.1) is 11.8 Å². The number of alkyl halides is 3. The Morgan fingerprint density at radius 3 is 2.22 bits per heavy atom. The maximum absolute atomic E-state index is 13.0. The Bertz CT molecular complexity index is 1830. The first-order valence-corrected chi connectivity index (χ1v) is 15.7. The molecule has 0 radical (unpaired) electrons. The Labute approximate surface area is 270 Å². The largest absolute Gasteiger partial charge is 0.487 e. The first kappa shape index (κ1) is 33.1. The second kappa shape index (κ2) is 12.8. The van der Waals surface area contributed by atoms with E-state index in [0.717, 1.165) is 44.4 Å². The molecule has 0 aliphatic carbocycles. The molecule has 2 aromatic carbocycles. The van der Waals surface area contributed by atoms with Gasteiger partial charge in [0.2, 0.25) is 0 Å². The Morgan fingerprint density at radius 2 is 1.63 bits per heavy atom. The van der Waals surface area contributed by atoms with Gasteiger partial charge in [-0.3, -0.25) is 14.8 Å². The summed E-state index contributed by atoms with van der Waals surface area (Å²) in [5.74, 6) is -0.200. The van der Waals surface area contributed by atoms with Crippen molar-refractivity contribution in [3.05, 3.63) is 108 Å². The van der Waals surface area contributed by atoms with Crippen LogP contribution in [-0.2, 0) is 30.5 Å². The van der Waals surface area contributed by atoms with Gasteiger partial charge >= 0.3 is 12.1 Å². The fraction of sp³-hybridized carbons (Fsp3) is 0.306. The molecule has 0 spiro atoms. The Morgan fingerprint density at radius 1 is 0.913 bits per heavy atom. The molecule has 1 N–H and O–H groups in total. The van der Waals surface area contributed by atoms with Crippen LogP contribution in [0, 0.1) is 5.41 Å². The number of pyridine rings is 2. The zero-order valence-electron chi connectivity index (χ0n) is 26.4. The second-order valence-corrected chi connectivity index (χ2v) is 14.7. The van der Waals surface area contributed by atoms with E-state index in [1.54, 1.807) is 31.8 Å². The van der Waals surface area contributed by atoms with Gasteiger partial charge in [-0.2, -0.15) is 13.2 Å². The number of fused-ring (bicyclic) bond motifs is 1. The third kappa shape index (κ3) is 7.73. The summed E-state index contributed by atoms with van der Waals surface area (Å²) < 4.78 is 47.1. The smallest absolute Gasteiger partial charge is 0.433 e. The number of aliphatic carboxylic acids is 1. The van der Waals surface area contributed by atoms with Crippen LogP contribution in [-0.4, -0.2) is 30.4 Å². The summed E-state index contributed by atoms with van der Waals surface area (Å²) in [4.78, 5) is 21.3. The predicted octanol–water partition coefficient (Wildman–Crippen LogP) is 9.29. The number of carbonyl (C=O) groups is 1. The van der Waals surface area contributed by atoms with E-state index < -0.39 is 23.3 Å². The number of nitrogens with zero attached hydrogens (tertiary/aromatic N) is 3. The minimum atomic E-state index is -4.50. The van der Waals surface area contributed by atoms with Gasteiger partial charge in [0.1, 0.15) is 18.1 Å². The third-order valence-electron chi connectivity index (χ3n) is 7.48. The average Bonchev–Trinajstić information content (AvgIpc) is 3.25. The highest BCUT2D eigenvalue weighted by atomic mass is 32.2. The van der Waals surface area contributed by atoms with Crippen LogP contribution in [0.3, 0.4) is 0 Å². The van der Waals surface area contributed by atoms with E-state index in [-0.39, 0.29) is 4.75 Å². The van der Waals surface area contributed by atoms with Gasteiger partial charge in [-0.05, 0) is 61.4 Å². The Balaban J connectivity index is 1.55. The van der Waals surface area contributed by atoms with Crippen molar-refractivity contribution >= 4 is 28.6 Å². The highest BCUT2D eigenvalue weighted by molar-refractivity contribution is 8.00. The van der Waals surface area contributed by atoms with Crippen LogP contribution in [0.15, 0.2) is 90.1 Å². The number of carboxylic acid groups (broad SMARTS) is 1.